The van der Waals surface area contributed by atoms with Crippen LogP contribution in [-0.4, -0.2) is 45.0 Å². The Morgan fingerprint density at radius 2 is 1.65 bits per heavy atom. The van der Waals surface area contributed by atoms with E-state index in [0.717, 1.165) is 59.5 Å². The Balaban J connectivity index is 1.41. The molecule has 1 unspecified atom stereocenters. The Morgan fingerprint density at radius 3 is 2.49 bits per heavy atom. The molecule has 8 nitrogen and oxygen atoms in total. The van der Waals surface area contributed by atoms with Gasteiger partial charge in [-0.3, -0.25) is 19.0 Å². The Bertz CT molecular complexity index is 1960. The molecule has 5 aromatic rings. The lowest BCUT2D eigenvalue weighted by molar-refractivity contribution is 0.0894. The van der Waals surface area contributed by atoms with Crippen molar-refractivity contribution in [2.24, 2.45) is 4.99 Å². The lowest BCUT2D eigenvalue weighted by Crippen LogP contribution is -2.33. The largest absolute Gasteiger partial charge is 0.493 e. The van der Waals surface area contributed by atoms with Crippen molar-refractivity contribution in [3.05, 3.63) is 94.0 Å². The number of hydrogen-bond acceptors (Lipinski definition) is 8. The zero-order valence-corrected chi connectivity index (χ0v) is 24.4. The summed E-state index contributed by atoms with van der Waals surface area (Å²) in [6, 6.07) is 20.5. The van der Waals surface area contributed by atoms with Crippen molar-refractivity contribution in [1.29, 1.82) is 0 Å². The molecule has 0 saturated carbocycles. The van der Waals surface area contributed by atoms with Crippen LogP contribution in [0.5, 0.6) is 23.0 Å². The normalized spacial score (nSPS) is 17.6. The molecular weight excluding hydrogens is 544 g/mol. The third-order valence-electron chi connectivity index (χ3n) is 8.92. The summed E-state index contributed by atoms with van der Waals surface area (Å²) < 4.78 is 36.6. The third kappa shape index (κ3) is 4.44. The summed E-state index contributed by atoms with van der Waals surface area (Å²) in [5.41, 5.74) is 9.95. The number of rotatable bonds is 2. The molecule has 7 bridgehead atoms. The van der Waals surface area contributed by atoms with E-state index in [1.807, 2.05) is 30.3 Å². The first-order valence-corrected chi connectivity index (χ1v) is 14.7. The Labute approximate surface area is 248 Å². The molecule has 43 heavy (non-hydrogen) atoms. The molecule has 0 N–H and O–H groups in total. The van der Waals surface area contributed by atoms with Gasteiger partial charge in [0.05, 0.1) is 14.2 Å². The highest BCUT2D eigenvalue weighted by Gasteiger charge is 2.31. The van der Waals surface area contributed by atoms with Gasteiger partial charge in [0.15, 0.2) is 28.4 Å². The van der Waals surface area contributed by atoms with Crippen molar-refractivity contribution in [3.8, 4) is 23.0 Å². The first-order chi connectivity index (χ1) is 21.1. The molecule has 4 aliphatic rings. The van der Waals surface area contributed by atoms with Gasteiger partial charge >= 0.3 is 0 Å². The first kappa shape index (κ1) is 26.0. The van der Waals surface area contributed by atoms with Crippen LogP contribution in [0.15, 0.2) is 79.2 Å². The van der Waals surface area contributed by atoms with Gasteiger partial charge in [-0.1, -0.05) is 18.2 Å². The smallest absolute Gasteiger partial charge is 0.262 e. The molecule has 0 aliphatic carbocycles. The van der Waals surface area contributed by atoms with E-state index >= 15 is 0 Å². The molecule has 218 valence electrons. The summed E-state index contributed by atoms with van der Waals surface area (Å²) in [4.78, 5) is 7.33. The number of methoxy groups -OCH3 is 2. The highest BCUT2D eigenvalue weighted by molar-refractivity contribution is 6.05. The number of ether oxygens (including phenoxy) is 3. The second-order valence-corrected chi connectivity index (χ2v) is 11.5. The number of benzene rings is 4. The van der Waals surface area contributed by atoms with Crippen LogP contribution in [0.1, 0.15) is 39.4 Å². The van der Waals surface area contributed by atoms with Crippen molar-refractivity contribution >= 4 is 28.0 Å². The monoisotopic (exact) mass is 576 g/mol. The predicted molar refractivity (Wildman–Crippen MR) is 164 cm³/mol. The van der Waals surface area contributed by atoms with Gasteiger partial charge in [0.2, 0.25) is 5.58 Å². The van der Waals surface area contributed by atoms with E-state index in [4.69, 9.17) is 32.8 Å². The molecule has 4 aromatic carbocycles. The second kappa shape index (κ2) is 10.2. The van der Waals surface area contributed by atoms with Crippen LogP contribution in [0.4, 0.5) is 0 Å². The highest BCUT2D eigenvalue weighted by Crippen LogP contribution is 2.42. The minimum atomic E-state index is 0.0470. The van der Waals surface area contributed by atoms with Gasteiger partial charge in [-0.25, -0.2) is 0 Å². The van der Waals surface area contributed by atoms with Gasteiger partial charge in [-0.15, -0.1) is 0 Å². The molecule has 4 aliphatic heterocycles. The summed E-state index contributed by atoms with van der Waals surface area (Å²) in [5, 5.41) is 0. The van der Waals surface area contributed by atoms with Gasteiger partial charge in [-0.05, 0) is 91.0 Å². The van der Waals surface area contributed by atoms with Crippen LogP contribution in [0.2, 0.25) is 0 Å². The van der Waals surface area contributed by atoms with Gasteiger partial charge in [0.1, 0.15) is 5.75 Å². The van der Waals surface area contributed by atoms with Crippen molar-refractivity contribution in [2.75, 3.05) is 34.4 Å². The molecule has 9 rings (SSSR count). The SMILES string of the molecule is COc1ccc2cc1Oc1ccc(cc1)CC1c3c(cc(OC)c4ooc5cc6c(cc5oc34)C(=NCC6)C2)CCN1C. The average Bonchev–Trinajstić information content (AvgIpc) is 3.21. The predicted octanol–water partition coefficient (Wildman–Crippen LogP) is 7.38. The molecule has 0 amide bonds. The number of hydrogen-bond donors (Lipinski definition) is 0. The Kier molecular flexibility index (Phi) is 6.19. The van der Waals surface area contributed by atoms with Crippen LogP contribution < -0.4 is 14.2 Å². The summed E-state index contributed by atoms with van der Waals surface area (Å²) in [6.45, 7) is 1.61. The molecule has 1 aromatic heterocycles. The number of likely N-dealkylation sites (N-methyl/N-ethyl adjacent to an activating group) is 1. The van der Waals surface area contributed by atoms with Crippen LogP contribution in [0.25, 0.3) is 22.3 Å². The quantitative estimate of drug-likeness (QED) is 0.203. The second-order valence-electron chi connectivity index (χ2n) is 11.5. The number of aliphatic imine (C=N–C) groups is 1. The molecular formula is C35H32N2O6. The van der Waals surface area contributed by atoms with E-state index in [2.05, 4.69) is 42.3 Å². The van der Waals surface area contributed by atoms with E-state index in [1.165, 1.54) is 11.1 Å². The zero-order chi connectivity index (χ0) is 29.1. The fourth-order valence-electron chi connectivity index (χ4n) is 6.63. The number of fused-ring (bicyclic) bond motifs is 2. The van der Waals surface area contributed by atoms with Crippen molar-refractivity contribution < 1.29 is 27.8 Å². The fourth-order valence-corrected chi connectivity index (χ4v) is 6.63. The van der Waals surface area contributed by atoms with Crippen molar-refractivity contribution in [3.63, 3.8) is 0 Å². The molecule has 0 saturated heterocycles. The molecule has 0 radical (unpaired) electrons. The van der Waals surface area contributed by atoms with Crippen molar-refractivity contribution in [2.45, 2.75) is 31.7 Å². The maximum absolute atomic E-state index is 6.83. The van der Waals surface area contributed by atoms with E-state index < -0.39 is 0 Å². The molecule has 0 fully saturated rings. The van der Waals surface area contributed by atoms with Crippen LogP contribution >= 0.6 is 0 Å². The third-order valence-corrected chi connectivity index (χ3v) is 8.92. The highest BCUT2D eigenvalue weighted by atomic mass is 17.0. The molecule has 5 heterocycles. The standard InChI is InChI=1S/C35H32N2O6/c1-37-13-11-23-18-32(39-3)34-35-33(23)27(37)15-20-4-7-24(8-5-20)40-29-16-21(6-9-28(29)38-2)14-26-25-19-30(41-35)31(42-43-34)17-22(25)10-12-36-26/h4-9,16-19,27H,10-15H2,1-3H3. The first-order valence-electron chi connectivity index (χ1n) is 14.7. The number of nitrogens with zero attached hydrogens (tertiary/aromatic N) is 2. The van der Waals surface area contributed by atoms with Gasteiger partial charge in [-0.2, -0.15) is 0 Å². The maximum atomic E-state index is 6.83. The van der Waals surface area contributed by atoms with E-state index in [-0.39, 0.29) is 6.04 Å². The molecule has 8 heteroatoms. The Morgan fingerprint density at radius 1 is 0.814 bits per heavy atom. The fraction of sp³-hybridized carbons (Fsp3) is 0.286. The minimum Gasteiger partial charge on any atom is -0.493 e. The Hall–Kier alpha value is -4.69. The molecule has 0 spiro atoms. The zero-order valence-electron chi connectivity index (χ0n) is 24.4. The van der Waals surface area contributed by atoms with Crippen LogP contribution in [-0.2, 0) is 25.7 Å². The van der Waals surface area contributed by atoms with Gasteiger partial charge in [0.25, 0.3) is 5.58 Å². The summed E-state index contributed by atoms with van der Waals surface area (Å²) in [5.74, 6) is 2.70. The van der Waals surface area contributed by atoms with E-state index in [1.54, 1.807) is 14.2 Å². The lowest BCUT2D eigenvalue weighted by atomic mass is 9.88. The topological polar surface area (TPSA) is 82.7 Å². The van der Waals surface area contributed by atoms with Gasteiger partial charge < -0.3 is 18.6 Å². The maximum Gasteiger partial charge on any atom is 0.262 e. The average molecular weight is 577 g/mol. The van der Waals surface area contributed by atoms with E-state index in [9.17, 15) is 0 Å². The van der Waals surface area contributed by atoms with Crippen molar-refractivity contribution in [1.82, 2.24) is 4.90 Å². The van der Waals surface area contributed by atoms with Gasteiger partial charge in [0, 0.05) is 42.4 Å². The van der Waals surface area contributed by atoms with Crippen LogP contribution in [0, 0.1) is 0 Å². The minimum absolute atomic E-state index is 0.0470. The summed E-state index contributed by atoms with van der Waals surface area (Å²) >= 11 is 0. The summed E-state index contributed by atoms with van der Waals surface area (Å²) in [6.07, 6.45) is 3.09. The van der Waals surface area contributed by atoms with E-state index in [0.29, 0.717) is 52.5 Å². The van der Waals surface area contributed by atoms with Crippen LogP contribution in [0.3, 0.4) is 0 Å². The summed E-state index contributed by atoms with van der Waals surface area (Å²) in [7, 11) is 5.47. The lowest BCUT2D eigenvalue weighted by Gasteiger charge is -2.35. The molecule has 1 atom stereocenters.